The SMILES string of the molecule is COc1ccc(CN(C)[C@H](C)c2ccccn2)c(C)c1C. The zero-order valence-corrected chi connectivity index (χ0v) is 13.6. The van der Waals surface area contributed by atoms with Crippen LogP contribution in [-0.2, 0) is 6.54 Å². The van der Waals surface area contributed by atoms with E-state index in [-0.39, 0.29) is 6.04 Å². The maximum atomic E-state index is 5.38. The van der Waals surface area contributed by atoms with E-state index in [1.807, 2.05) is 18.3 Å². The van der Waals surface area contributed by atoms with Crippen LogP contribution in [0.5, 0.6) is 5.75 Å². The molecule has 1 aromatic carbocycles. The molecule has 0 aliphatic rings. The van der Waals surface area contributed by atoms with Crippen molar-refractivity contribution in [3.63, 3.8) is 0 Å². The number of hydrogen-bond acceptors (Lipinski definition) is 3. The molecule has 0 radical (unpaired) electrons. The van der Waals surface area contributed by atoms with Gasteiger partial charge >= 0.3 is 0 Å². The van der Waals surface area contributed by atoms with E-state index < -0.39 is 0 Å². The number of nitrogens with zero attached hydrogens (tertiary/aromatic N) is 2. The highest BCUT2D eigenvalue weighted by Gasteiger charge is 2.15. The molecule has 0 amide bonds. The minimum absolute atomic E-state index is 0.285. The Morgan fingerprint density at radius 1 is 1.14 bits per heavy atom. The standard InChI is InChI=1S/C18H24N2O/c1-13-14(2)18(21-5)10-9-16(13)12-20(4)15(3)17-8-6-7-11-19-17/h6-11,15H,12H2,1-5H3/t15-/m1/s1. The van der Waals surface area contributed by atoms with Gasteiger partial charge in [-0.1, -0.05) is 12.1 Å². The van der Waals surface area contributed by atoms with Gasteiger partial charge in [-0.15, -0.1) is 0 Å². The van der Waals surface area contributed by atoms with E-state index in [1.165, 1.54) is 16.7 Å². The van der Waals surface area contributed by atoms with Crippen molar-refractivity contribution in [2.45, 2.75) is 33.4 Å². The number of aromatic nitrogens is 1. The Hall–Kier alpha value is -1.87. The van der Waals surface area contributed by atoms with E-state index in [4.69, 9.17) is 4.74 Å². The van der Waals surface area contributed by atoms with Crippen LogP contribution in [0.1, 0.15) is 35.3 Å². The molecule has 21 heavy (non-hydrogen) atoms. The van der Waals surface area contributed by atoms with Crippen LogP contribution in [0.15, 0.2) is 36.5 Å². The van der Waals surface area contributed by atoms with E-state index in [9.17, 15) is 0 Å². The van der Waals surface area contributed by atoms with Gasteiger partial charge in [0.1, 0.15) is 5.75 Å². The number of methoxy groups -OCH3 is 1. The molecule has 0 aliphatic carbocycles. The first-order valence-corrected chi connectivity index (χ1v) is 7.28. The number of hydrogen-bond donors (Lipinski definition) is 0. The lowest BCUT2D eigenvalue weighted by Gasteiger charge is -2.25. The first-order valence-electron chi connectivity index (χ1n) is 7.28. The number of pyridine rings is 1. The predicted molar refractivity (Wildman–Crippen MR) is 86.6 cm³/mol. The van der Waals surface area contributed by atoms with Gasteiger partial charge in [0, 0.05) is 18.8 Å². The molecule has 1 aromatic heterocycles. The normalized spacial score (nSPS) is 12.5. The van der Waals surface area contributed by atoms with Gasteiger partial charge in [0.15, 0.2) is 0 Å². The van der Waals surface area contributed by atoms with Crippen LogP contribution in [0.25, 0.3) is 0 Å². The van der Waals surface area contributed by atoms with E-state index in [1.54, 1.807) is 7.11 Å². The van der Waals surface area contributed by atoms with Crippen molar-refractivity contribution >= 4 is 0 Å². The zero-order chi connectivity index (χ0) is 15.4. The van der Waals surface area contributed by atoms with Crippen LogP contribution in [0.4, 0.5) is 0 Å². The number of rotatable bonds is 5. The lowest BCUT2D eigenvalue weighted by atomic mass is 10.0. The third-order valence-electron chi connectivity index (χ3n) is 4.27. The minimum atomic E-state index is 0.285. The van der Waals surface area contributed by atoms with Gasteiger partial charge in [-0.05, 0) is 62.7 Å². The van der Waals surface area contributed by atoms with Crippen LogP contribution in [-0.4, -0.2) is 24.0 Å². The van der Waals surface area contributed by atoms with Crippen LogP contribution in [0.2, 0.25) is 0 Å². The van der Waals surface area contributed by atoms with Crippen LogP contribution >= 0.6 is 0 Å². The fourth-order valence-corrected chi connectivity index (χ4v) is 2.50. The average molecular weight is 284 g/mol. The monoisotopic (exact) mass is 284 g/mol. The summed E-state index contributed by atoms with van der Waals surface area (Å²) in [6.45, 7) is 7.36. The molecule has 2 rings (SSSR count). The minimum Gasteiger partial charge on any atom is -0.496 e. The van der Waals surface area contributed by atoms with E-state index >= 15 is 0 Å². The van der Waals surface area contributed by atoms with Crippen molar-refractivity contribution in [2.75, 3.05) is 14.2 Å². The fraction of sp³-hybridized carbons (Fsp3) is 0.389. The van der Waals surface area contributed by atoms with Crippen molar-refractivity contribution in [3.05, 3.63) is 58.9 Å². The van der Waals surface area contributed by atoms with Crippen molar-refractivity contribution in [1.29, 1.82) is 0 Å². The second kappa shape index (κ2) is 6.72. The van der Waals surface area contributed by atoms with Crippen LogP contribution < -0.4 is 4.74 Å². The molecule has 0 fully saturated rings. The Labute approximate surface area is 127 Å². The molecule has 0 saturated heterocycles. The molecule has 0 aliphatic heterocycles. The molecule has 1 atom stereocenters. The van der Waals surface area contributed by atoms with Gasteiger partial charge in [-0.3, -0.25) is 9.88 Å². The topological polar surface area (TPSA) is 25.4 Å². The largest absolute Gasteiger partial charge is 0.496 e. The molecule has 112 valence electrons. The predicted octanol–water partition coefficient (Wildman–Crippen LogP) is 3.90. The quantitative estimate of drug-likeness (QED) is 0.832. The van der Waals surface area contributed by atoms with Crippen LogP contribution in [0, 0.1) is 13.8 Å². The summed E-state index contributed by atoms with van der Waals surface area (Å²) < 4.78 is 5.38. The van der Waals surface area contributed by atoms with Gasteiger partial charge in [0.25, 0.3) is 0 Å². The molecule has 1 heterocycles. The average Bonchev–Trinajstić information content (AvgIpc) is 2.52. The Kier molecular flexibility index (Phi) is 4.97. The summed E-state index contributed by atoms with van der Waals surface area (Å²) in [4.78, 5) is 6.76. The summed E-state index contributed by atoms with van der Waals surface area (Å²) in [7, 11) is 3.86. The number of benzene rings is 1. The summed E-state index contributed by atoms with van der Waals surface area (Å²) >= 11 is 0. The molecule has 3 heteroatoms. The molecule has 0 unspecified atom stereocenters. The Morgan fingerprint density at radius 3 is 2.52 bits per heavy atom. The molecule has 0 saturated carbocycles. The summed E-state index contributed by atoms with van der Waals surface area (Å²) in [5, 5.41) is 0. The molecular weight excluding hydrogens is 260 g/mol. The molecule has 0 N–H and O–H groups in total. The van der Waals surface area contributed by atoms with Gasteiger partial charge in [-0.25, -0.2) is 0 Å². The maximum absolute atomic E-state index is 5.38. The van der Waals surface area contributed by atoms with E-state index in [0.29, 0.717) is 0 Å². The smallest absolute Gasteiger partial charge is 0.122 e. The van der Waals surface area contributed by atoms with Gasteiger partial charge in [-0.2, -0.15) is 0 Å². The maximum Gasteiger partial charge on any atom is 0.122 e. The second-order valence-electron chi connectivity index (χ2n) is 5.52. The summed E-state index contributed by atoms with van der Waals surface area (Å²) in [6.07, 6.45) is 1.85. The fourth-order valence-electron chi connectivity index (χ4n) is 2.50. The van der Waals surface area contributed by atoms with Crippen molar-refractivity contribution in [1.82, 2.24) is 9.88 Å². The lowest BCUT2D eigenvalue weighted by molar-refractivity contribution is 0.248. The highest BCUT2D eigenvalue weighted by Crippen LogP contribution is 2.26. The lowest BCUT2D eigenvalue weighted by Crippen LogP contribution is -2.23. The van der Waals surface area contributed by atoms with Crippen molar-refractivity contribution < 1.29 is 4.74 Å². The second-order valence-corrected chi connectivity index (χ2v) is 5.52. The van der Waals surface area contributed by atoms with Gasteiger partial charge in [0.05, 0.1) is 12.8 Å². The van der Waals surface area contributed by atoms with Crippen LogP contribution in [0.3, 0.4) is 0 Å². The van der Waals surface area contributed by atoms with Gasteiger partial charge < -0.3 is 4.74 Å². The molecule has 2 aromatic rings. The molecule has 0 spiro atoms. The Bertz CT molecular complexity index is 596. The van der Waals surface area contributed by atoms with Gasteiger partial charge in [0.2, 0.25) is 0 Å². The third-order valence-corrected chi connectivity index (χ3v) is 4.27. The molecule has 3 nitrogen and oxygen atoms in total. The van der Waals surface area contributed by atoms with E-state index in [2.05, 4.69) is 55.9 Å². The molecular formula is C18H24N2O. The summed E-state index contributed by atoms with van der Waals surface area (Å²) in [6, 6.07) is 10.6. The zero-order valence-electron chi connectivity index (χ0n) is 13.6. The summed E-state index contributed by atoms with van der Waals surface area (Å²) in [5.74, 6) is 0.955. The first kappa shape index (κ1) is 15.5. The van der Waals surface area contributed by atoms with E-state index in [0.717, 1.165) is 18.0 Å². The first-order chi connectivity index (χ1) is 10.0. The summed E-state index contributed by atoms with van der Waals surface area (Å²) in [5.41, 5.74) is 4.95. The Balaban J connectivity index is 2.16. The Morgan fingerprint density at radius 2 is 1.90 bits per heavy atom. The highest BCUT2D eigenvalue weighted by molar-refractivity contribution is 5.43. The van der Waals surface area contributed by atoms with Crippen molar-refractivity contribution in [2.24, 2.45) is 0 Å². The number of ether oxygens (including phenoxy) is 1. The molecule has 0 bridgehead atoms. The third kappa shape index (κ3) is 3.42. The van der Waals surface area contributed by atoms with Crippen molar-refractivity contribution in [3.8, 4) is 5.75 Å². The highest BCUT2D eigenvalue weighted by atomic mass is 16.5.